The van der Waals surface area contributed by atoms with Gasteiger partial charge in [0.25, 0.3) is 5.56 Å². The summed E-state index contributed by atoms with van der Waals surface area (Å²) in [5.41, 5.74) is 3.93. The fraction of sp³-hybridized carbons (Fsp3) is 0.160. The molecule has 0 saturated heterocycles. The molecular weight excluding hydrogens is 424 g/mol. The van der Waals surface area contributed by atoms with Gasteiger partial charge in [0.15, 0.2) is 22.4 Å². The van der Waals surface area contributed by atoms with Crippen LogP contribution in [0.2, 0.25) is 0 Å². The Bertz CT molecular complexity index is 1430. The zero-order valence-corrected chi connectivity index (χ0v) is 18.4. The van der Waals surface area contributed by atoms with Crippen molar-refractivity contribution in [3.05, 3.63) is 87.7 Å². The number of aryl methyl sites for hydroxylation is 2. The normalized spacial score (nSPS) is 12.3. The Morgan fingerprint density at radius 3 is 2.66 bits per heavy atom. The fourth-order valence-corrected chi connectivity index (χ4v) is 4.49. The molecule has 0 aliphatic carbocycles. The summed E-state index contributed by atoms with van der Waals surface area (Å²) in [6.45, 7) is 4.19. The van der Waals surface area contributed by atoms with Crippen LogP contribution >= 0.6 is 11.8 Å². The Morgan fingerprint density at radius 1 is 1.00 bits per heavy atom. The number of nitrogens with zero attached hydrogens (tertiary/aromatic N) is 2. The number of para-hydroxylation sites is 1. The Morgan fingerprint density at radius 2 is 1.81 bits per heavy atom. The molecule has 0 saturated carbocycles. The molecule has 0 amide bonds. The first-order valence-corrected chi connectivity index (χ1v) is 11.1. The minimum atomic E-state index is -0.156. The van der Waals surface area contributed by atoms with E-state index in [2.05, 4.69) is 0 Å². The van der Waals surface area contributed by atoms with Crippen molar-refractivity contribution in [2.24, 2.45) is 0 Å². The van der Waals surface area contributed by atoms with Crippen LogP contribution in [0.5, 0.6) is 11.5 Å². The first kappa shape index (κ1) is 20.3. The van der Waals surface area contributed by atoms with Crippen molar-refractivity contribution in [2.75, 3.05) is 12.5 Å². The monoisotopic (exact) mass is 444 g/mol. The van der Waals surface area contributed by atoms with Crippen molar-refractivity contribution in [3.63, 3.8) is 0 Å². The highest BCUT2D eigenvalue weighted by molar-refractivity contribution is 7.99. The summed E-state index contributed by atoms with van der Waals surface area (Å²) in [6.07, 6.45) is 0. The molecule has 32 heavy (non-hydrogen) atoms. The maximum absolute atomic E-state index is 13.4. The molecule has 0 fully saturated rings. The number of benzene rings is 3. The molecule has 4 aromatic rings. The van der Waals surface area contributed by atoms with E-state index >= 15 is 0 Å². The quantitative estimate of drug-likeness (QED) is 0.252. The Hall–Kier alpha value is -3.58. The van der Waals surface area contributed by atoms with Crippen LogP contribution in [-0.4, -0.2) is 27.9 Å². The SMILES string of the molecule is Cc1ccc(-n2c(SCC(=O)c3ccc4c(c3)OCO4)nc3ccccc3c2=O)cc1C. The van der Waals surface area contributed by atoms with Gasteiger partial charge in [-0.05, 0) is 67.4 Å². The second-order valence-corrected chi connectivity index (χ2v) is 8.54. The van der Waals surface area contributed by atoms with Crippen LogP contribution in [0.25, 0.3) is 16.6 Å². The lowest BCUT2D eigenvalue weighted by Crippen LogP contribution is -2.22. The van der Waals surface area contributed by atoms with Gasteiger partial charge in [0.1, 0.15) is 0 Å². The molecule has 0 unspecified atom stereocenters. The maximum Gasteiger partial charge on any atom is 0.266 e. The van der Waals surface area contributed by atoms with E-state index in [1.165, 1.54) is 11.8 Å². The highest BCUT2D eigenvalue weighted by Crippen LogP contribution is 2.33. The largest absolute Gasteiger partial charge is 0.454 e. The Kier molecular flexibility index (Phi) is 5.19. The number of hydrogen-bond acceptors (Lipinski definition) is 6. The van der Waals surface area contributed by atoms with Crippen molar-refractivity contribution in [1.29, 1.82) is 0 Å². The number of carbonyl (C=O) groups is 1. The molecule has 5 rings (SSSR count). The number of aromatic nitrogens is 2. The minimum absolute atomic E-state index is 0.0812. The van der Waals surface area contributed by atoms with Gasteiger partial charge in [-0.15, -0.1) is 0 Å². The first-order chi connectivity index (χ1) is 15.5. The van der Waals surface area contributed by atoms with Gasteiger partial charge in [-0.3, -0.25) is 14.2 Å². The van der Waals surface area contributed by atoms with Gasteiger partial charge < -0.3 is 9.47 Å². The molecule has 160 valence electrons. The summed E-state index contributed by atoms with van der Waals surface area (Å²) < 4.78 is 12.3. The second-order valence-electron chi connectivity index (χ2n) is 7.60. The van der Waals surface area contributed by atoms with Crippen LogP contribution in [0.3, 0.4) is 0 Å². The molecule has 1 aliphatic heterocycles. The number of carbonyl (C=O) groups excluding carboxylic acids is 1. The van der Waals surface area contributed by atoms with Gasteiger partial charge in [-0.2, -0.15) is 0 Å². The molecule has 1 aromatic heterocycles. The zero-order chi connectivity index (χ0) is 22.2. The van der Waals surface area contributed by atoms with Crippen molar-refractivity contribution >= 4 is 28.4 Å². The minimum Gasteiger partial charge on any atom is -0.454 e. The smallest absolute Gasteiger partial charge is 0.266 e. The number of fused-ring (bicyclic) bond motifs is 2. The van der Waals surface area contributed by atoms with Crippen LogP contribution < -0.4 is 15.0 Å². The highest BCUT2D eigenvalue weighted by atomic mass is 32.2. The third-order valence-corrected chi connectivity index (χ3v) is 6.46. The molecule has 7 heteroatoms. The molecule has 0 atom stereocenters. The third-order valence-electron chi connectivity index (χ3n) is 5.52. The van der Waals surface area contributed by atoms with Crippen molar-refractivity contribution in [3.8, 4) is 17.2 Å². The molecule has 2 heterocycles. The van der Waals surface area contributed by atoms with Gasteiger partial charge in [-0.1, -0.05) is 30.0 Å². The van der Waals surface area contributed by atoms with Gasteiger partial charge in [0.05, 0.1) is 22.3 Å². The standard InChI is InChI=1S/C25H20N2O4S/c1-15-7-9-18(11-16(15)2)27-24(29)19-5-3-4-6-20(19)26-25(27)32-13-21(28)17-8-10-22-23(12-17)31-14-30-22/h3-12H,13-14H2,1-2H3. The van der Waals surface area contributed by atoms with E-state index in [0.29, 0.717) is 33.1 Å². The maximum atomic E-state index is 13.4. The molecular formula is C25H20N2O4S. The zero-order valence-electron chi connectivity index (χ0n) is 17.6. The van der Waals surface area contributed by atoms with Gasteiger partial charge in [-0.25, -0.2) is 4.98 Å². The molecule has 0 radical (unpaired) electrons. The van der Waals surface area contributed by atoms with E-state index in [0.717, 1.165) is 16.8 Å². The second kappa shape index (κ2) is 8.16. The van der Waals surface area contributed by atoms with E-state index in [-0.39, 0.29) is 23.9 Å². The van der Waals surface area contributed by atoms with Crippen LogP contribution in [0.4, 0.5) is 0 Å². The van der Waals surface area contributed by atoms with Gasteiger partial charge in [0.2, 0.25) is 6.79 Å². The lowest BCUT2D eigenvalue weighted by Gasteiger charge is -2.14. The van der Waals surface area contributed by atoms with Crippen molar-refractivity contribution < 1.29 is 14.3 Å². The van der Waals surface area contributed by atoms with Crippen molar-refractivity contribution in [2.45, 2.75) is 19.0 Å². The predicted molar refractivity (Wildman–Crippen MR) is 124 cm³/mol. The fourth-order valence-electron chi connectivity index (χ4n) is 3.58. The van der Waals surface area contributed by atoms with E-state index in [9.17, 15) is 9.59 Å². The molecule has 0 bridgehead atoms. The highest BCUT2D eigenvalue weighted by Gasteiger charge is 2.19. The Labute approximate surface area is 188 Å². The summed E-state index contributed by atoms with van der Waals surface area (Å²) in [5, 5.41) is 1.02. The van der Waals surface area contributed by atoms with Crippen LogP contribution in [0.15, 0.2) is 70.6 Å². The van der Waals surface area contributed by atoms with E-state index in [4.69, 9.17) is 14.5 Å². The molecule has 1 aliphatic rings. The average molecular weight is 445 g/mol. The van der Waals surface area contributed by atoms with Crippen LogP contribution in [0, 0.1) is 13.8 Å². The lowest BCUT2D eigenvalue weighted by molar-refractivity contribution is 0.102. The molecule has 3 aromatic carbocycles. The number of Topliss-reactive ketones (excluding diaryl/α,β-unsaturated/α-hetero) is 1. The third kappa shape index (κ3) is 3.65. The summed E-state index contributed by atoms with van der Waals surface area (Å²) >= 11 is 1.25. The van der Waals surface area contributed by atoms with E-state index in [1.54, 1.807) is 28.8 Å². The molecule has 0 N–H and O–H groups in total. The number of thioether (sulfide) groups is 1. The summed E-state index contributed by atoms with van der Waals surface area (Å²) in [5.74, 6) is 1.25. The Balaban J connectivity index is 1.53. The van der Waals surface area contributed by atoms with Crippen LogP contribution in [-0.2, 0) is 0 Å². The summed E-state index contributed by atoms with van der Waals surface area (Å²) in [4.78, 5) is 31.0. The topological polar surface area (TPSA) is 70.4 Å². The molecule has 6 nitrogen and oxygen atoms in total. The van der Waals surface area contributed by atoms with Gasteiger partial charge in [0, 0.05) is 5.56 Å². The number of ether oxygens (including phenoxy) is 2. The summed E-state index contributed by atoms with van der Waals surface area (Å²) in [7, 11) is 0. The summed E-state index contributed by atoms with van der Waals surface area (Å²) in [6, 6.07) is 18.3. The first-order valence-electron chi connectivity index (χ1n) is 10.2. The number of hydrogen-bond donors (Lipinski definition) is 0. The van der Waals surface area contributed by atoms with Gasteiger partial charge >= 0.3 is 0 Å². The predicted octanol–water partition coefficient (Wildman–Crippen LogP) is 4.71. The van der Waals surface area contributed by atoms with E-state index < -0.39 is 0 Å². The molecule has 0 spiro atoms. The van der Waals surface area contributed by atoms with E-state index in [1.807, 2.05) is 50.2 Å². The average Bonchev–Trinajstić information content (AvgIpc) is 3.27. The number of ketones is 1. The lowest BCUT2D eigenvalue weighted by atomic mass is 10.1. The van der Waals surface area contributed by atoms with Crippen LogP contribution in [0.1, 0.15) is 21.5 Å². The van der Waals surface area contributed by atoms with Crippen molar-refractivity contribution in [1.82, 2.24) is 9.55 Å². The number of rotatable bonds is 5.